The van der Waals surface area contributed by atoms with Gasteiger partial charge >= 0.3 is 0 Å². The lowest BCUT2D eigenvalue weighted by Crippen LogP contribution is -2.25. The maximum atomic E-state index is 6.04. The monoisotopic (exact) mass is 272 g/mol. The van der Waals surface area contributed by atoms with Gasteiger partial charge < -0.3 is 10.1 Å². The highest BCUT2D eigenvalue weighted by Gasteiger charge is 2.08. The van der Waals surface area contributed by atoms with Crippen LogP contribution in [0.5, 0.6) is 5.75 Å². The largest absolute Gasteiger partial charge is 0.488 e. The van der Waals surface area contributed by atoms with Crippen LogP contribution in [-0.4, -0.2) is 23.7 Å². The second-order valence-electron chi connectivity index (χ2n) is 5.51. The number of hydrogen-bond acceptors (Lipinski definition) is 3. The number of aromatic nitrogens is 1. The minimum absolute atomic E-state index is 0.205. The lowest BCUT2D eigenvalue weighted by molar-refractivity contribution is 0.209. The van der Waals surface area contributed by atoms with Gasteiger partial charge in [0.05, 0.1) is 6.10 Å². The van der Waals surface area contributed by atoms with E-state index in [0.29, 0.717) is 6.04 Å². The van der Waals surface area contributed by atoms with Crippen molar-refractivity contribution in [2.75, 3.05) is 6.54 Å². The van der Waals surface area contributed by atoms with Crippen LogP contribution < -0.4 is 10.1 Å². The Bertz CT molecular complexity index is 534. The average Bonchev–Trinajstić information content (AvgIpc) is 2.44. The molecule has 3 nitrogen and oxygen atoms in total. The molecule has 3 heteroatoms. The van der Waals surface area contributed by atoms with E-state index in [1.54, 1.807) is 0 Å². The molecule has 1 atom stereocenters. The lowest BCUT2D eigenvalue weighted by Gasteiger charge is -2.16. The number of nitrogens with zero attached hydrogens (tertiary/aromatic N) is 1. The molecule has 0 amide bonds. The highest BCUT2D eigenvalue weighted by atomic mass is 16.5. The van der Waals surface area contributed by atoms with Crippen molar-refractivity contribution in [2.24, 2.45) is 0 Å². The van der Waals surface area contributed by atoms with Crippen LogP contribution in [0.1, 0.15) is 33.6 Å². The zero-order valence-electron chi connectivity index (χ0n) is 12.6. The molecule has 108 valence electrons. The van der Waals surface area contributed by atoms with Crippen LogP contribution in [0.4, 0.5) is 0 Å². The minimum atomic E-state index is 0.205. The SMILES string of the molecule is CC(C)NCCCC(C)Oc1cccc2cccnc12. The molecule has 2 aromatic rings. The molecule has 0 fully saturated rings. The van der Waals surface area contributed by atoms with E-state index in [4.69, 9.17) is 4.74 Å². The number of para-hydroxylation sites is 1. The Labute approximate surface area is 121 Å². The summed E-state index contributed by atoms with van der Waals surface area (Å²) in [6.07, 6.45) is 4.18. The van der Waals surface area contributed by atoms with Crippen LogP contribution in [0.25, 0.3) is 10.9 Å². The van der Waals surface area contributed by atoms with Gasteiger partial charge in [0.2, 0.25) is 0 Å². The molecule has 0 radical (unpaired) electrons. The molecule has 1 unspecified atom stereocenters. The summed E-state index contributed by atoms with van der Waals surface area (Å²) >= 11 is 0. The second-order valence-corrected chi connectivity index (χ2v) is 5.51. The Morgan fingerprint density at radius 1 is 1.15 bits per heavy atom. The predicted molar refractivity (Wildman–Crippen MR) is 84.2 cm³/mol. The van der Waals surface area contributed by atoms with Crippen LogP contribution in [0.3, 0.4) is 0 Å². The number of ether oxygens (including phenoxy) is 1. The summed E-state index contributed by atoms with van der Waals surface area (Å²) < 4.78 is 6.04. The number of benzene rings is 1. The molecule has 0 aliphatic rings. The fraction of sp³-hybridized carbons (Fsp3) is 0.471. The van der Waals surface area contributed by atoms with Crippen molar-refractivity contribution < 1.29 is 4.74 Å². The van der Waals surface area contributed by atoms with E-state index in [-0.39, 0.29) is 6.10 Å². The Morgan fingerprint density at radius 3 is 2.75 bits per heavy atom. The molecule has 1 N–H and O–H groups in total. The topological polar surface area (TPSA) is 34.1 Å². The van der Waals surface area contributed by atoms with Gasteiger partial charge in [-0.1, -0.05) is 32.0 Å². The average molecular weight is 272 g/mol. The van der Waals surface area contributed by atoms with Crippen LogP contribution in [0, 0.1) is 0 Å². The van der Waals surface area contributed by atoms with Crippen molar-refractivity contribution >= 4 is 10.9 Å². The summed E-state index contributed by atoms with van der Waals surface area (Å²) in [5.41, 5.74) is 0.946. The highest BCUT2D eigenvalue weighted by molar-refractivity contribution is 5.84. The van der Waals surface area contributed by atoms with E-state index in [2.05, 4.69) is 43.2 Å². The van der Waals surface area contributed by atoms with Gasteiger partial charge in [-0.25, -0.2) is 0 Å². The first kappa shape index (κ1) is 14.8. The molecule has 1 aromatic carbocycles. The molecule has 0 aliphatic heterocycles. The predicted octanol–water partition coefficient (Wildman–Crippen LogP) is 3.78. The standard InChI is InChI=1S/C17H24N2O/c1-13(2)18-11-5-7-14(3)20-16-10-4-8-15-9-6-12-19-17(15)16/h4,6,8-10,12-14,18H,5,7,11H2,1-3H3. The first-order valence-electron chi connectivity index (χ1n) is 7.40. The van der Waals surface area contributed by atoms with Crippen molar-refractivity contribution in [3.63, 3.8) is 0 Å². The van der Waals surface area contributed by atoms with Gasteiger partial charge in [0.25, 0.3) is 0 Å². The molecule has 0 spiro atoms. The van der Waals surface area contributed by atoms with E-state index < -0.39 is 0 Å². The summed E-state index contributed by atoms with van der Waals surface area (Å²) in [6, 6.07) is 10.6. The Hall–Kier alpha value is -1.61. The summed E-state index contributed by atoms with van der Waals surface area (Å²) in [4.78, 5) is 4.42. The smallest absolute Gasteiger partial charge is 0.145 e. The van der Waals surface area contributed by atoms with E-state index in [9.17, 15) is 0 Å². The molecule has 0 saturated heterocycles. The van der Waals surface area contributed by atoms with Gasteiger partial charge in [-0.2, -0.15) is 0 Å². The number of fused-ring (bicyclic) bond motifs is 1. The normalized spacial score (nSPS) is 12.8. The van der Waals surface area contributed by atoms with Crippen LogP contribution in [0.2, 0.25) is 0 Å². The number of hydrogen-bond donors (Lipinski definition) is 1. The fourth-order valence-electron chi connectivity index (χ4n) is 2.23. The van der Waals surface area contributed by atoms with E-state index >= 15 is 0 Å². The van der Waals surface area contributed by atoms with Gasteiger partial charge in [0.1, 0.15) is 11.3 Å². The molecular weight excluding hydrogens is 248 g/mol. The van der Waals surface area contributed by atoms with Crippen molar-refractivity contribution in [1.82, 2.24) is 10.3 Å². The number of nitrogens with one attached hydrogen (secondary N) is 1. The molecule has 0 saturated carbocycles. The lowest BCUT2D eigenvalue weighted by atomic mass is 10.2. The Balaban J connectivity index is 1.91. The maximum Gasteiger partial charge on any atom is 0.145 e. The minimum Gasteiger partial charge on any atom is -0.488 e. The van der Waals surface area contributed by atoms with Gasteiger partial charge in [-0.3, -0.25) is 4.98 Å². The Morgan fingerprint density at radius 2 is 1.95 bits per heavy atom. The first-order chi connectivity index (χ1) is 9.66. The molecule has 0 bridgehead atoms. The van der Waals surface area contributed by atoms with Crippen molar-refractivity contribution in [3.05, 3.63) is 36.5 Å². The van der Waals surface area contributed by atoms with Crippen molar-refractivity contribution in [1.29, 1.82) is 0 Å². The molecule has 0 aliphatic carbocycles. The van der Waals surface area contributed by atoms with Crippen LogP contribution in [0.15, 0.2) is 36.5 Å². The summed E-state index contributed by atoms with van der Waals surface area (Å²) in [7, 11) is 0. The summed E-state index contributed by atoms with van der Waals surface area (Å²) in [6.45, 7) is 7.50. The van der Waals surface area contributed by atoms with Crippen LogP contribution >= 0.6 is 0 Å². The zero-order chi connectivity index (χ0) is 14.4. The summed E-state index contributed by atoms with van der Waals surface area (Å²) in [5, 5.41) is 4.55. The first-order valence-corrected chi connectivity index (χ1v) is 7.40. The fourth-order valence-corrected chi connectivity index (χ4v) is 2.23. The highest BCUT2D eigenvalue weighted by Crippen LogP contribution is 2.24. The third-order valence-electron chi connectivity index (χ3n) is 3.26. The van der Waals surface area contributed by atoms with Gasteiger partial charge in [0.15, 0.2) is 0 Å². The molecule has 20 heavy (non-hydrogen) atoms. The molecule has 2 rings (SSSR count). The van der Waals surface area contributed by atoms with E-state index in [0.717, 1.165) is 36.0 Å². The van der Waals surface area contributed by atoms with Crippen molar-refractivity contribution in [2.45, 2.75) is 45.8 Å². The third kappa shape index (κ3) is 4.20. The van der Waals surface area contributed by atoms with Gasteiger partial charge in [0, 0.05) is 17.6 Å². The quantitative estimate of drug-likeness (QED) is 0.779. The number of pyridine rings is 1. The maximum absolute atomic E-state index is 6.04. The van der Waals surface area contributed by atoms with E-state index in [1.165, 1.54) is 0 Å². The number of rotatable bonds is 7. The van der Waals surface area contributed by atoms with Gasteiger partial charge in [-0.05, 0) is 38.4 Å². The van der Waals surface area contributed by atoms with E-state index in [1.807, 2.05) is 24.4 Å². The van der Waals surface area contributed by atoms with Gasteiger partial charge in [-0.15, -0.1) is 0 Å². The summed E-state index contributed by atoms with van der Waals surface area (Å²) in [5.74, 6) is 0.882. The van der Waals surface area contributed by atoms with Crippen LogP contribution in [-0.2, 0) is 0 Å². The zero-order valence-corrected chi connectivity index (χ0v) is 12.6. The van der Waals surface area contributed by atoms with Crippen molar-refractivity contribution in [3.8, 4) is 5.75 Å². The molecule has 1 aromatic heterocycles. The second kappa shape index (κ2) is 7.25. The molecular formula is C17H24N2O. The Kier molecular flexibility index (Phi) is 5.36. The third-order valence-corrected chi connectivity index (χ3v) is 3.26. The molecule has 1 heterocycles.